The first kappa shape index (κ1) is 15.7. The van der Waals surface area contributed by atoms with Crippen LogP contribution in [0, 0.1) is 6.92 Å². The minimum absolute atomic E-state index is 0.0225. The highest BCUT2D eigenvalue weighted by molar-refractivity contribution is 7.21. The molecule has 0 radical (unpaired) electrons. The van der Waals surface area contributed by atoms with Crippen LogP contribution >= 0.6 is 11.3 Å². The van der Waals surface area contributed by atoms with Crippen LogP contribution in [0.25, 0.3) is 10.2 Å². The first-order chi connectivity index (χ1) is 10.3. The second-order valence-corrected chi connectivity index (χ2v) is 5.52. The summed E-state index contributed by atoms with van der Waals surface area (Å²) in [5.74, 6) is -2.66. The zero-order valence-electron chi connectivity index (χ0n) is 11.7. The minimum Gasteiger partial charge on any atom is -0.505 e. The van der Waals surface area contributed by atoms with Crippen molar-refractivity contribution in [3.8, 4) is 5.75 Å². The van der Waals surface area contributed by atoms with Crippen molar-refractivity contribution in [2.24, 2.45) is 7.05 Å². The van der Waals surface area contributed by atoms with Crippen molar-refractivity contribution in [3.05, 3.63) is 26.4 Å². The van der Waals surface area contributed by atoms with Crippen LogP contribution < -0.4 is 10.9 Å². The van der Waals surface area contributed by atoms with Gasteiger partial charge in [-0.1, -0.05) is 0 Å². The molecule has 0 bridgehead atoms. The number of carbonyl (C=O) groups is 3. The van der Waals surface area contributed by atoms with E-state index in [1.807, 2.05) is 0 Å². The Bertz CT molecular complexity index is 864. The number of amides is 1. The molecule has 2 heterocycles. The van der Waals surface area contributed by atoms with Gasteiger partial charge in [0.25, 0.3) is 11.5 Å². The number of nitrogens with zero attached hydrogens (tertiary/aromatic N) is 1. The van der Waals surface area contributed by atoms with Crippen LogP contribution in [0.3, 0.4) is 0 Å². The molecule has 0 saturated carbocycles. The number of carboxylic acids is 1. The Morgan fingerprint density at radius 2 is 2.05 bits per heavy atom. The molecule has 9 heteroatoms. The van der Waals surface area contributed by atoms with Gasteiger partial charge < -0.3 is 24.9 Å². The molecule has 2 rings (SSSR count). The molecular weight excluding hydrogens is 312 g/mol. The van der Waals surface area contributed by atoms with Gasteiger partial charge in [-0.3, -0.25) is 9.59 Å². The van der Waals surface area contributed by atoms with Crippen LogP contribution in [0.2, 0.25) is 0 Å². The van der Waals surface area contributed by atoms with Gasteiger partial charge in [-0.25, -0.2) is 4.79 Å². The molecule has 22 heavy (non-hydrogen) atoms. The molecule has 1 amide bonds. The average molecular weight is 324 g/mol. The molecule has 3 N–H and O–H groups in total. The lowest BCUT2D eigenvalue weighted by Crippen LogP contribution is -2.33. The Labute approximate surface area is 127 Å². The molecule has 0 aliphatic rings. The van der Waals surface area contributed by atoms with Gasteiger partial charge in [0, 0.05) is 7.05 Å². The SMILES string of the molecule is Cc1c(C(=O)O)sc2c(O)c(C(=O)NCC=O)c(=O)n(C)c12. The Hall–Kier alpha value is -2.68. The Morgan fingerprint density at radius 3 is 2.59 bits per heavy atom. The Balaban J connectivity index is 2.82. The highest BCUT2D eigenvalue weighted by Gasteiger charge is 2.26. The molecule has 2 aromatic rings. The smallest absolute Gasteiger partial charge is 0.346 e. The third kappa shape index (κ3) is 2.25. The number of aldehydes is 1. The number of rotatable bonds is 4. The number of fused-ring (bicyclic) bond motifs is 1. The zero-order valence-corrected chi connectivity index (χ0v) is 12.5. The fraction of sp³-hybridized carbons (Fsp3) is 0.231. The molecule has 0 fully saturated rings. The van der Waals surface area contributed by atoms with E-state index in [4.69, 9.17) is 5.11 Å². The summed E-state index contributed by atoms with van der Waals surface area (Å²) in [5, 5.41) is 21.5. The third-order valence-electron chi connectivity index (χ3n) is 3.19. The lowest BCUT2D eigenvalue weighted by atomic mass is 10.1. The van der Waals surface area contributed by atoms with Crippen molar-refractivity contribution < 1.29 is 24.6 Å². The lowest BCUT2D eigenvalue weighted by molar-refractivity contribution is -0.107. The van der Waals surface area contributed by atoms with E-state index >= 15 is 0 Å². The first-order valence-corrected chi connectivity index (χ1v) is 6.93. The van der Waals surface area contributed by atoms with E-state index < -0.39 is 28.7 Å². The normalized spacial score (nSPS) is 10.6. The molecule has 2 aromatic heterocycles. The number of thiophene rings is 1. The predicted octanol–water partition coefficient (Wildman–Crippen LogP) is 0.241. The molecular formula is C13H12N2O6S. The summed E-state index contributed by atoms with van der Waals surface area (Å²) < 4.78 is 1.25. The third-order valence-corrected chi connectivity index (χ3v) is 4.46. The van der Waals surface area contributed by atoms with Gasteiger partial charge in [0.1, 0.15) is 16.7 Å². The number of hydrogen-bond acceptors (Lipinski definition) is 6. The quantitative estimate of drug-likeness (QED) is 0.692. The molecule has 8 nitrogen and oxygen atoms in total. The summed E-state index contributed by atoms with van der Waals surface area (Å²) in [6.45, 7) is 1.22. The van der Waals surface area contributed by atoms with Crippen molar-refractivity contribution in [1.29, 1.82) is 0 Å². The van der Waals surface area contributed by atoms with E-state index in [0.29, 0.717) is 11.8 Å². The number of aromatic nitrogens is 1. The first-order valence-electron chi connectivity index (χ1n) is 6.11. The van der Waals surface area contributed by atoms with Gasteiger partial charge in [0.2, 0.25) is 0 Å². The Kier molecular flexibility index (Phi) is 4.00. The van der Waals surface area contributed by atoms with Crippen LogP contribution in [-0.2, 0) is 11.8 Å². The van der Waals surface area contributed by atoms with Gasteiger partial charge in [0.05, 0.1) is 16.8 Å². The Morgan fingerprint density at radius 1 is 1.41 bits per heavy atom. The lowest BCUT2D eigenvalue weighted by Gasteiger charge is -2.09. The maximum absolute atomic E-state index is 12.3. The monoisotopic (exact) mass is 324 g/mol. The van der Waals surface area contributed by atoms with E-state index in [9.17, 15) is 24.3 Å². The van der Waals surface area contributed by atoms with Gasteiger partial charge in [-0.05, 0) is 12.5 Å². The summed E-state index contributed by atoms with van der Waals surface area (Å²) in [4.78, 5) is 45.6. The van der Waals surface area contributed by atoms with Crippen LogP contribution in [0.4, 0.5) is 0 Å². The summed E-state index contributed by atoms with van der Waals surface area (Å²) in [5.41, 5.74) is -0.694. The van der Waals surface area contributed by atoms with Crippen LogP contribution in [0.1, 0.15) is 25.6 Å². The van der Waals surface area contributed by atoms with Gasteiger partial charge >= 0.3 is 5.97 Å². The largest absolute Gasteiger partial charge is 0.505 e. The number of hydrogen-bond donors (Lipinski definition) is 3. The van der Waals surface area contributed by atoms with Gasteiger partial charge in [-0.15, -0.1) is 11.3 Å². The highest BCUT2D eigenvalue weighted by atomic mass is 32.1. The second-order valence-electron chi connectivity index (χ2n) is 4.50. The van der Waals surface area contributed by atoms with Crippen LogP contribution in [0.5, 0.6) is 5.75 Å². The number of aryl methyl sites for hydroxylation is 2. The number of aromatic hydroxyl groups is 1. The molecule has 116 valence electrons. The summed E-state index contributed by atoms with van der Waals surface area (Å²) in [7, 11) is 1.38. The summed E-state index contributed by atoms with van der Waals surface area (Å²) in [6.07, 6.45) is 0.440. The van der Waals surface area contributed by atoms with Gasteiger partial charge in [-0.2, -0.15) is 0 Å². The minimum atomic E-state index is -1.18. The molecule has 0 unspecified atom stereocenters. The number of pyridine rings is 1. The summed E-state index contributed by atoms with van der Waals surface area (Å²) in [6, 6.07) is 0. The number of carboxylic acid groups (broad SMARTS) is 1. The van der Waals surface area contributed by atoms with Crippen molar-refractivity contribution in [1.82, 2.24) is 9.88 Å². The fourth-order valence-electron chi connectivity index (χ4n) is 2.18. The van der Waals surface area contributed by atoms with Crippen molar-refractivity contribution in [2.75, 3.05) is 6.54 Å². The topological polar surface area (TPSA) is 126 Å². The highest BCUT2D eigenvalue weighted by Crippen LogP contribution is 2.36. The predicted molar refractivity (Wildman–Crippen MR) is 78.8 cm³/mol. The average Bonchev–Trinajstić information content (AvgIpc) is 2.81. The van der Waals surface area contributed by atoms with E-state index in [0.717, 1.165) is 15.9 Å². The van der Waals surface area contributed by atoms with Gasteiger partial charge in [0.15, 0.2) is 5.75 Å². The van der Waals surface area contributed by atoms with E-state index in [2.05, 4.69) is 5.32 Å². The number of carbonyl (C=O) groups excluding carboxylic acids is 2. The molecule has 0 aliphatic heterocycles. The molecule has 0 spiro atoms. The molecule has 0 aromatic carbocycles. The second kappa shape index (κ2) is 5.60. The maximum atomic E-state index is 12.3. The van der Waals surface area contributed by atoms with Crippen molar-refractivity contribution in [2.45, 2.75) is 6.92 Å². The number of aromatic carboxylic acids is 1. The van der Waals surface area contributed by atoms with E-state index in [1.54, 1.807) is 0 Å². The summed E-state index contributed by atoms with van der Waals surface area (Å²) >= 11 is 0.778. The van der Waals surface area contributed by atoms with E-state index in [1.165, 1.54) is 14.0 Å². The zero-order chi connectivity index (χ0) is 16.6. The van der Waals surface area contributed by atoms with Crippen molar-refractivity contribution in [3.63, 3.8) is 0 Å². The van der Waals surface area contributed by atoms with E-state index in [-0.39, 0.29) is 21.6 Å². The standard InChI is InChI=1S/C13H12N2O6S/c1-5-7-10(22-9(5)13(20)21)8(17)6(12(19)15(7)2)11(18)14-3-4-16/h4,17H,3H2,1-2H3,(H,14,18)(H,20,21). The fourth-order valence-corrected chi connectivity index (χ4v) is 3.31. The maximum Gasteiger partial charge on any atom is 0.346 e. The molecule has 0 saturated heterocycles. The number of nitrogens with one attached hydrogen (secondary N) is 1. The van der Waals surface area contributed by atoms with Crippen LogP contribution in [0.15, 0.2) is 4.79 Å². The molecule has 0 atom stereocenters. The van der Waals surface area contributed by atoms with Crippen molar-refractivity contribution >= 4 is 39.7 Å². The van der Waals surface area contributed by atoms with Crippen LogP contribution in [-0.4, -0.2) is 39.5 Å². The molecule has 0 aliphatic carbocycles.